The zero-order valence-corrected chi connectivity index (χ0v) is 24.8. The van der Waals surface area contributed by atoms with E-state index >= 15 is 0 Å². The van der Waals surface area contributed by atoms with Crippen LogP contribution >= 0.6 is 11.3 Å². The summed E-state index contributed by atoms with van der Waals surface area (Å²) in [6.45, 7) is 8.16. The van der Waals surface area contributed by atoms with Gasteiger partial charge in [0.2, 0.25) is 0 Å². The summed E-state index contributed by atoms with van der Waals surface area (Å²) in [5, 5.41) is 12.0. The highest BCUT2D eigenvalue weighted by molar-refractivity contribution is 7.22. The molecule has 1 fully saturated rings. The molecule has 220 valence electrons. The average Bonchev–Trinajstić information content (AvgIpc) is 3.67. The molecule has 9 nitrogen and oxygen atoms in total. The molecule has 1 saturated heterocycles. The first-order chi connectivity index (χ1) is 20.8. The van der Waals surface area contributed by atoms with Crippen LogP contribution in [-0.4, -0.2) is 48.2 Å². The molecule has 0 bridgehead atoms. The number of hydrogen-bond donors (Lipinski definition) is 1. The predicted molar refractivity (Wildman–Crippen MR) is 164 cm³/mol. The number of methoxy groups -OCH3 is 1. The molecule has 0 saturated carbocycles. The third-order valence-corrected chi connectivity index (χ3v) is 8.36. The van der Waals surface area contributed by atoms with E-state index in [9.17, 15) is 14.7 Å². The van der Waals surface area contributed by atoms with E-state index in [1.807, 2.05) is 19.9 Å². The van der Waals surface area contributed by atoms with Crippen LogP contribution in [0.3, 0.4) is 0 Å². The number of fused-ring (bicyclic) bond motifs is 2. The van der Waals surface area contributed by atoms with Crippen molar-refractivity contribution in [3.8, 4) is 23.0 Å². The number of nitrogens with zero attached hydrogens (tertiary/aromatic N) is 2. The Morgan fingerprint density at radius 3 is 2.74 bits per heavy atom. The molecule has 1 N–H and O–H groups in total. The van der Waals surface area contributed by atoms with Gasteiger partial charge in [-0.15, -0.1) is 0 Å². The highest BCUT2D eigenvalue weighted by atomic mass is 32.1. The number of rotatable bonds is 9. The largest absolute Gasteiger partial charge is 0.507 e. The van der Waals surface area contributed by atoms with E-state index in [4.69, 9.17) is 23.9 Å². The first kappa shape index (κ1) is 28.3. The fourth-order valence-corrected chi connectivity index (χ4v) is 6.44. The molecule has 1 amide bonds. The number of ketones is 1. The van der Waals surface area contributed by atoms with E-state index in [1.165, 1.54) is 16.2 Å². The molecule has 1 aromatic heterocycles. The van der Waals surface area contributed by atoms with Crippen LogP contribution in [0.5, 0.6) is 23.0 Å². The van der Waals surface area contributed by atoms with Crippen LogP contribution in [0, 0.1) is 0 Å². The quantitative estimate of drug-likeness (QED) is 0.105. The maximum atomic E-state index is 13.8. The molecule has 2 aliphatic rings. The van der Waals surface area contributed by atoms with Gasteiger partial charge in [-0.1, -0.05) is 30.1 Å². The van der Waals surface area contributed by atoms with Gasteiger partial charge in [0.1, 0.15) is 30.0 Å². The lowest BCUT2D eigenvalue weighted by Gasteiger charge is -2.24. The summed E-state index contributed by atoms with van der Waals surface area (Å²) in [7, 11) is 1.58. The third-order valence-electron chi connectivity index (χ3n) is 7.34. The fraction of sp³-hybridized carbons (Fsp3) is 0.242. The van der Waals surface area contributed by atoms with E-state index in [-0.39, 0.29) is 24.0 Å². The maximum absolute atomic E-state index is 13.8. The van der Waals surface area contributed by atoms with Gasteiger partial charge in [-0.3, -0.25) is 14.5 Å². The Morgan fingerprint density at radius 2 is 1.98 bits per heavy atom. The number of carbonyl (C=O) groups excluding carboxylic acids is 2. The number of thiazole rings is 1. The van der Waals surface area contributed by atoms with Crippen molar-refractivity contribution < 1.29 is 33.6 Å². The SMILES string of the molecule is C=CCOc1ccc(C2/C(=C(\O)c3ccc4c(c3)CC(C)O4)C(=O)C(=O)N2c2nc3ccc(OC)cc3s2)cc1OCC. The lowest BCUT2D eigenvalue weighted by atomic mass is 9.94. The Labute approximate surface area is 252 Å². The summed E-state index contributed by atoms with van der Waals surface area (Å²) in [6.07, 6.45) is 2.31. The van der Waals surface area contributed by atoms with Gasteiger partial charge in [-0.2, -0.15) is 0 Å². The number of aromatic nitrogens is 1. The summed E-state index contributed by atoms with van der Waals surface area (Å²) < 4.78 is 23.6. The monoisotopic (exact) mass is 598 g/mol. The number of hydrogen-bond acceptors (Lipinski definition) is 9. The van der Waals surface area contributed by atoms with Crippen LogP contribution in [0.2, 0.25) is 0 Å². The first-order valence-electron chi connectivity index (χ1n) is 13.9. The molecular weight excluding hydrogens is 568 g/mol. The molecule has 10 heteroatoms. The van der Waals surface area contributed by atoms with E-state index < -0.39 is 17.7 Å². The van der Waals surface area contributed by atoms with E-state index in [2.05, 4.69) is 6.58 Å². The Balaban J connectivity index is 1.53. The van der Waals surface area contributed by atoms with Crippen LogP contribution in [-0.2, 0) is 16.0 Å². The fourth-order valence-electron chi connectivity index (χ4n) is 5.42. The summed E-state index contributed by atoms with van der Waals surface area (Å²) in [4.78, 5) is 33.6. The lowest BCUT2D eigenvalue weighted by molar-refractivity contribution is -0.132. The number of Topliss-reactive ketones (excluding diaryl/α,β-unsaturated/α-hetero) is 1. The van der Waals surface area contributed by atoms with Gasteiger partial charge in [0.05, 0.1) is 35.5 Å². The zero-order valence-electron chi connectivity index (χ0n) is 24.0. The molecule has 2 atom stereocenters. The van der Waals surface area contributed by atoms with Gasteiger partial charge in [0.25, 0.3) is 5.78 Å². The molecule has 3 aromatic carbocycles. The molecule has 6 rings (SSSR count). The van der Waals surface area contributed by atoms with Crippen LogP contribution in [0.15, 0.2) is 72.8 Å². The van der Waals surface area contributed by atoms with Crippen molar-refractivity contribution >= 4 is 44.1 Å². The van der Waals surface area contributed by atoms with Crippen molar-refractivity contribution in [2.45, 2.75) is 32.4 Å². The Morgan fingerprint density at radius 1 is 1.14 bits per heavy atom. The highest BCUT2D eigenvalue weighted by Crippen LogP contribution is 2.46. The van der Waals surface area contributed by atoms with Crippen LogP contribution < -0.4 is 23.8 Å². The van der Waals surface area contributed by atoms with Gasteiger partial charge in [0.15, 0.2) is 16.6 Å². The van der Waals surface area contributed by atoms with Crippen molar-refractivity contribution in [3.63, 3.8) is 0 Å². The van der Waals surface area contributed by atoms with Crippen molar-refractivity contribution in [2.75, 3.05) is 25.2 Å². The molecule has 2 unspecified atom stereocenters. The van der Waals surface area contributed by atoms with Crippen molar-refractivity contribution in [1.29, 1.82) is 0 Å². The average molecular weight is 599 g/mol. The van der Waals surface area contributed by atoms with Gasteiger partial charge in [-0.25, -0.2) is 4.98 Å². The topological polar surface area (TPSA) is 107 Å². The van der Waals surface area contributed by atoms with Crippen LogP contribution in [0.1, 0.15) is 36.6 Å². The van der Waals surface area contributed by atoms with Gasteiger partial charge < -0.3 is 24.1 Å². The third kappa shape index (κ3) is 5.08. The smallest absolute Gasteiger partial charge is 0.301 e. The zero-order chi connectivity index (χ0) is 30.2. The lowest BCUT2D eigenvalue weighted by Crippen LogP contribution is -2.29. The number of aliphatic hydroxyl groups is 1. The first-order valence-corrected chi connectivity index (χ1v) is 14.7. The Bertz CT molecular complexity index is 1790. The Hall–Kier alpha value is -4.83. The summed E-state index contributed by atoms with van der Waals surface area (Å²) in [5.41, 5.74) is 2.49. The minimum absolute atomic E-state index is 0.00875. The molecule has 0 spiro atoms. The minimum atomic E-state index is -0.987. The number of benzene rings is 3. The van der Waals surface area contributed by atoms with E-state index in [0.717, 1.165) is 16.0 Å². The summed E-state index contributed by atoms with van der Waals surface area (Å²) in [5.74, 6) is 0.429. The van der Waals surface area contributed by atoms with E-state index in [1.54, 1.807) is 61.7 Å². The molecule has 43 heavy (non-hydrogen) atoms. The van der Waals surface area contributed by atoms with Crippen molar-refractivity contribution in [3.05, 3.63) is 89.5 Å². The molecule has 3 heterocycles. The summed E-state index contributed by atoms with van der Waals surface area (Å²) >= 11 is 1.26. The number of ether oxygens (including phenoxy) is 4. The molecular formula is C33H30N2O7S. The maximum Gasteiger partial charge on any atom is 0.301 e. The second kappa shape index (κ2) is 11.4. The number of carbonyl (C=O) groups is 2. The minimum Gasteiger partial charge on any atom is -0.507 e. The molecule has 2 aliphatic heterocycles. The van der Waals surface area contributed by atoms with Gasteiger partial charge in [0, 0.05) is 12.0 Å². The number of aliphatic hydroxyl groups excluding tert-OH is 1. The van der Waals surface area contributed by atoms with Crippen LogP contribution in [0.4, 0.5) is 5.13 Å². The number of amides is 1. The van der Waals surface area contributed by atoms with Crippen LogP contribution in [0.25, 0.3) is 16.0 Å². The molecule has 0 aliphatic carbocycles. The van der Waals surface area contributed by atoms with Crippen molar-refractivity contribution in [2.24, 2.45) is 0 Å². The standard InChI is InChI=1S/C33H30N2O7S/c1-5-13-41-25-12-7-19(16-26(25)40-6-2)29-28(30(36)20-8-11-24-21(15-20)14-18(3)42-24)31(37)32(38)35(29)33-34-23-10-9-22(39-4)17-27(23)43-33/h5,7-12,15-18,29,36H,1,6,13-14H2,2-4H3/b30-28+. The van der Waals surface area contributed by atoms with Crippen molar-refractivity contribution in [1.82, 2.24) is 4.98 Å². The molecule has 0 radical (unpaired) electrons. The van der Waals surface area contributed by atoms with E-state index in [0.29, 0.717) is 52.1 Å². The van der Waals surface area contributed by atoms with Gasteiger partial charge in [-0.05, 0) is 73.5 Å². The predicted octanol–water partition coefficient (Wildman–Crippen LogP) is 6.22. The second-order valence-corrected chi connectivity index (χ2v) is 11.2. The summed E-state index contributed by atoms with van der Waals surface area (Å²) in [6, 6.07) is 14.9. The normalized spacial score (nSPS) is 18.9. The Kier molecular flexibility index (Phi) is 7.53. The molecule has 4 aromatic rings. The van der Waals surface area contributed by atoms with Gasteiger partial charge >= 0.3 is 5.91 Å². The second-order valence-electron chi connectivity index (χ2n) is 10.2. The highest BCUT2D eigenvalue weighted by Gasteiger charge is 2.48. The number of anilines is 1.